The van der Waals surface area contributed by atoms with Crippen molar-refractivity contribution in [3.05, 3.63) is 52.2 Å². The van der Waals surface area contributed by atoms with Crippen LogP contribution in [0.3, 0.4) is 0 Å². The summed E-state index contributed by atoms with van der Waals surface area (Å²) >= 11 is 1.48. The van der Waals surface area contributed by atoms with Gasteiger partial charge in [0.25, 0.3) is 0 Å². The fourth-order valence-electron chi connectivity index (χ4n) is 2.43. The van der Waals surface area contributed by atoms with E-state index in [1.54, 1.807) is 11.9 Å². The molecule has 3 N–H and O–H groups in total. The van der Waals surface area contributed by atoms with Gasteiger partial charge >= 0.3 is 6.03 Å². The van der Waals surface area contributed by atoms with E-state index in [0.29, 0.717) is 13.2 Å². The molecule has 0 bridgehead atoms. The molecule has 134 valence electrons. The Morgan fingerprint density at radius 2 is 2.00 bits per heavy atom. The first-order valence-electron chi connectivity index (χ1n) is 8.04. The number of amides is 3. The molecule has 7 heteroatoms. The smallest absolute Gasteiger partial charge is 0.312 e. The molecule has 0 aliphatic carbocycles. The molecule has 0 aliphatic rings. The Balaban J connectivity index is 1.96. The zero-order chi connectivity index (χ0) is 18.2. The Bertz CT molecular complexity index is 686. The van der Waals surface area contributed by atoms with E-state index < -0.39 is 12.1 Å². The Morgan fingerprint density at radius 1 is 1.28 bits per heavy atom. The van der Waals surface area contributed by atoms with Crippen LogP contribution in [0.15, 0.2) is 41.8 Å². The summed E-state index contributed by atoms with van der Waals surface area (Å²) in [4.78, 5) is 26.3. The first kappa shape index (κ1) is 18.8. The van der Waals surface area contributed by atoms with E-state index >= 15 is 0 Å². The van der Waals surface area contributed by atoms with Crippen LogP contribution in [-0.2, 0) is 11.3 Å². The number of rotatable bonds is 8. The maximum Gasteiger partial charge on any atom is 0.312 e. The topological polar surface area (TPSA) is 84.7 Å². The average Bonchev–Trinajstić information content (AvgIpc) is 3.10. The number of thiophene rings is 1. The molecular weight excluding hydrogens is 338 g/mol. The molecule has 1 aromatic heterocycles. The molecule has 2 aromatic rings. The molecule has 2 rings (SSSR count). The van der Waals surface area contributed by atoms with Crippen molar-refractivity contribution in [3.8, 4) is 5.75 Å². The van der Waals surface area contributed by atoms with Crippen molar-refractivity contribution in [2.75, 3.05) is 13.7 Å². The Labute approximate surface area is 151 Å². The minimum atomic E-state index is -0.639. The molecule has 1 aromatic carbocycles. The summed E-state index contributed by atoms with van der Waals surface area (Å²) in [6.07, 6.45) is 0.164. The summed E-state index contributed by atoms with van der Waals surface area (Å²) in [5.74, 6) is 0.740. The van der Waals surface area contributed by atoms with Gasteiger partial charge in [-0.05, 0) is 36.1 Å². The van der Waals surface area contributed by atoms with Gasteiger partial charge < -0.3 is 20.7 Å². The Kier molecular flexibility index (Phi) is 6.82. The van der Waals surface area contributed by atoms with E-state index in [9.17, 15) is 9.59 Å². The zero-order valence-electron chi connectivity index (χ0n) is 14.4. The first-order valence-corrected chi connectivity index (χ1v) is 8.92. The van der Waals surface area contributed by atoms with E-state index in [2.05, 4.69) is 5.32 Å². The second kappa shape index (κ2) is 9.08. The second-order valence-electron chi connectivity index (χ2n) is 5.61. The van der Waals surface area contributed by atoms with Crippen molar-refractivity contribution in [1.29, 1.82) is 0 Å². The van der Waals surface area contributed by atoms with Gasteiger partial charge in [0.15, 0.2) is 0 Å². The fourth-order valence-corrected chi connectivity index (χ4v) is 3.21. The highest BCUT2D eigenvalue weighted by atomic mass is 32.1. The molecule has 6 nitrogen and oxygen atoms in total. The number of nitrogens with zero attached hydrogens (tertiary/aromatic N) is 1. The summed E-state index contributed by atoms with van der Waals surface area (Å²) in [7, 11) is 1.74. The van der Waals surface area contributed by atoms with Crippen molar-refractivity contribution >= 4 is 23.3 Å². The lowest BCUT2D eigenvalue weighted by molar-refractivity contribution is -0.130. The maximum atomic E-state index is 12.5. The predicted molar refractivity (Wildman–Crippen MR) is 98.5 cm³/mol. The van der Waals surface area contributed by atoms with Crippen LogP contribution in [-0.4, -0.2) is 30.5 Å². The van der Waals surface area contributed by atoms with Gasteiger partial charge in [-0.2, -0.15) is 0 Å². The number of urea groups is 1. The van der Waals surface area contributed by atoms with Gasteiger partial charge in [0, 0.05) is 18.5 Å². The summed E-state index contributed by atoms with van der Waals surface area (Å²) in [6.45, 7) is 3.04. The number of carbonyl (C=O) groups excluding carboxylic acids is 2. The molecule has 0 saturated carbocycles. The van der Waals surface area contributed by atoms with Crippen LogP contribution in [0.2, 0.25) is 0 Å². The predicted octanol–water partition coefficient (Wildman–Crippen LogP) is 2.90. The highest BCUT2D eigenvalue weighted by Crippen LogP contribution is 2.23. The summed E-state index contributed by atoms with van der Waals surface area (Å²) in [6, 6.07) is 10.4. The largest absolute Gasteiger partial charge is 0.494 e. The normalized spacial score (nSPS) is 11.6. The Morgan fingerprint density at radius 3 is 2.56 bits per heavy atom. The van der Waals surface area contributed by atoms with Crippen molar-refractivity contribution in [3.63, 3.8) is 0 Å². The van der Waals surface area contributed by atoms with E-state index in [1.807, 2.05) is 48.7 Å². The molecular formula is C18H23N3O3S. The molecule has 0 radical (unpaired) electrons. The van der Waals surface area contributed by atoms with Crippen LogP contribution in [0.4, 0.5) is 4.79 Å². The van der Waals surface area contributed by atoms with Crippen LogP contribution in [0.1, 0.15) is 29.8 Å². The fraction of sp³-hybridized carbons (Fsp3) is 0.333. The van der Waals surface area contributed by atoms with Crippen LogP contribution in [0, 0.1) is 0 Å². The summed E-state index contributed by atoms with van der Waals surface area (Å²) in [5.41, 5.74) is 6.24. The molecule has 1 heterocycles. The number of hydrogen-bond donors (Lipinski definition) is 2. The lowest BCUT2D eigenvalue weighted by Gasteiger charge is -2.21. The third kappa shape index (κ3) is 5.79. The van der Waals surface area contributed by atoms with E-state index in [1.165, 1.54) is 11.3 Å². The summed E-state index contributed by atoms with van der Waals surface area (Å²) < 4.78 is 5.41. The lowest BCUT2D eigenvalue weighted by Crippen LogP contribution is -2.36. The molecule has 0 aliphatic heterocycles. The number of nitrogens with one attached hydrogen (secondary N) is 1. The van der Waals surface area contributed by atoms with E-state index in [-0.39, 0.29) is 12.3 Å². The molecule has 0 saturated heterocycles. The van der Waals surface area contributed by atoms with Gasteiger partial charge in [0.1, 0.15) is 5.75 Å². The molecule has 1 atom stereocenters. The van der Waals surface area contributed by atoms with Crippen molar-refractivity contribution in [2.45, 2.75) is 25.9 Å². The number of hydrogen-bond acceptors (Lipinski definition) is 4. The number of nitrogens with two attached hydrogens (primary N) is 1. The zero-order valence-corrected chi connectivity index (χ0v) is 15.2. The minimum Gasteiger partial charge on any atom is -0.494 e. The monoisotopic (exact) mass is 361 g/mol. The van der Waals surface area contributed by atoms with Crippen molar-refractivity contribution in [1.82, 2.24) is 10.2 Å². The van der Waals surface area contributed by atoms with Crippen LogP contribution < -0.4 is 15.8 Å². The van der Waals surface area contributed by atoms with Crippen LogP contribution in [0.5, 0.6) is 5.75 Å². The van der Waals surface area contributed by atoms with E-state index in [0.717, 1.165) is 16.2 Å². The molecule has 25 heavy (non-hydrogen) atoms. The van der Waals surface area contributed by atoms with Gasteiger partial charge in [-0.25, -0.2) is 4.79 Å². The first-order chi connectivity index (χ1) is 12.0. The highest BCUT2D eigenvalue weighted by molar-refractivity contribution is 7.10. The number of benzene rings is 1. The Hall–Kier alpha value is -2.54. The van der Waals surface area contributed by atoms with Crippen LogP contribution in [0.25, 0.3) is 0 Å². The van der Waals surface area contributed by atoms with Crippen molar-refractivity contribution < 1.29 is 14.3 Å². The van der Waals surface area contributed by atoms with Gasteiger partial charge in [-0.15, -0.1) is 11.3 Å². The number of primary amides is 1. The standard InChI is InChI=1S/C18H23N3O3S/c1-3-24-14-8-6-13(7-9-14)12-21(2)17(22)11-15(20-18(19)23)16-5-4-10-25-16/h4-10,15H,3,11-12H2,1-2H3,(H3,19,20,23). The summed E-state index contributed by atoms with van der Waals surface area (Å²) in [5, 5.41) is 4.54. The number of ether oxygens (including phenoxy) is 1. The van der Waals surface area contributed by atoms with E-state index in [4.69, 9.17) is 10.5 Å². The molecule has 0 fully saturated rings. The van der Waals surface area contributed by atoms with Crippen molar-refractivity contribution in [2.24, 2.45) is 5.73 Å². The molecule has 1 unspecified atom stereocenters. The molecule has 0 spiro atoms. The molecule has 3 amide bonds. The minimum absolute atomic E-state index is 0.0685. The third-order valence-electron chi connectivity index (χ3n) is 3.66. The van der Waals surface area contributed by atoms with Gasteiger partial charge in [0.2, 0.25) is 5.91 Å². The van der Waals surface area contributed by atoms with Gasteiger partial charge in [-0.1, -0.05) is 18.2 Å². The van der Waals surface area contributed by atoms with Crippen LogP contribution >= 0.6 is 11.3 Å². The van der Waals surface area contributed by atoms with Gasteiger partial charge in [-0.3, -0.25) is 4.79 Å². The third-order valence-corrected chi connectivity index (χ3v) is 4.65. The number of carbonyl (C=O) groups is 2. The SMILES string of the molecule is CCOc1ccc(CN(C)C(=O)CC(NC(N)=O)c2cccs2)cc1. The quantitative estimate of drug-likeness (QED) is 0.758. The average molecular weight is 361 g/mol. The maximum absolute atomic E-state index is 12.5. The second-order valence-corrected chi connectivity index (χ2v) is 6.59. The highest BCUT2D eigenvalue weighted by Gasteiger charge is 2.20. The lowest BCUT2D eigenvalue weighted by atomic mass is 10.1. The van der Waals surface area contributed by atoms with Gasteiger partial charge in [0.05, 0.1) is 19.1 Å².